The van der Waals surface area contributed by atoms with Gasteiger partial charge in [-0.25, -0.2) is 8.42 Å². The van der Waals surface area contributed by atoms with Crippen molar-refractivity contribution >= 4 is 15.7 Å². The van der Waals surface area contributed by atoms with E-state index in [4.69, 9.17) is 0 Å². The zero-order valence-electron chi connectivity index (χ0n) is 11.8. The number of carbonyl (C=O) groups is 1. The molecule has 22 heavy (non-hydrogen) atoms. The van der Waals surface area contributed by atoms with Gasteiger partial charge in [0.25, 0.3) is 5.91 Å². The van der Waals surface area contributed by atoms with Crippen molar-refractivity contribution in [2.24, 2.45) is 5.92 Å². The molecule has 1 aromatic heterocycles. The number of rotatable bonds is 4. The molecule has 0 aliphatic carbocycles. The van der Waals surface area contributed by atoms with Crippen LogP contribution in [0, 0.1) is 5.92 Å². The number of nitrogens with zero attached hydrogens (tertiary/aromatic N) is 3. The molecule has 0 bridgehead atoms. The summed E-state index contributed by atoms with van der Waals surface area (Å²) in [5, 5.41) is 10.9. The summed E-state index contributed by atoms with van der Waals surface area (Å²) in [7, 11) is -2.92. The lowest BCUT2D eigenvalue weighted by Crippen LogP contribution is -2.30. The number of sulfone groups is 1. The second kappa shape index (κ2) is 5.88. The zero-order valence-corrected chi connectivity index (χ0v) is 12.7. The Morgan fingerprint density at radius 2 is 2.09 bits per heavy atom. The first kappa shape index (κ1) is 14.7. The third-order valence-corrected chi connectivity index (χ3v) is 5.43. The summed E-state index contributed by atoms with van der Waals surface area (Å²) in [4.78, 5) is 13.4. The largest absolute Gasteiger partial charge is 0.350 e. The highest BCUT2D eigenvalue weighted by Gasteiger charge is 2.28. The first-order valence-electron chi connectivity index (χ1n) is 7.00. The Morgan fingerprint density at radius 3 is 2.77 bits per heavy atom. The highest BCUT2D eigenvalue weighted by molar-refractivity contribution is 7.91. The predicted molar refractivity (Wildman–Crippen MR) is 80.5 cm³/mol. The molecule has 0 unspecified atom stereocenters. The molecule has 116 valence electrons. The van der Waals surface area contributed by atoms with Crippen LogP contribution in [0.3, 0.4) is 0 Å². The van der Waals surface area contributed by atoms with Crippen LogP contribution in [0.5, 0.6) is 0 Å². The fraction of sp³-hybridized carbons (Fsp3) is 0.357. The lowest BCUT2D eigenvalue weighted by molar-refractivity contribution is 0.0943. The summed E-state index contributed by atoms with van der Waals surface area (Å²) >= 11 is 0. The Bertz CT molecular complexity index is 770. The van der Waals surface area contributed by atoms with Gasteiger partial charge in [-0.15, -0.1) is 5.10 Å². The smallest absolute Gasteiger partial charge is 0.273 e. The molecule has 8 heteroatoms. The molecule has 1 aliphatic heterocycles. The van der Waals surface area contributed by atoms with E-state index in [1.165, 1.54) is 11.0 Å². The van der Waals surface area contributed by atoms with Crippen LogP contribution in [0.1, 0.15) is 16.9 Å². The van der Waals surface area contributed by atoms with E-state index in [0.717, 1.165) is 5.69 Å². The van der Waals surface area contributed by atoms with Crippen LogP contribution in [0.4, 0.5) is 0 Å². The van der Waals surface area contributed by atoms with Crippen LogP contribution in [-0.4, -0.2) is 47.4 Å². The number of amides is 1. The van der Waals surface area contributed by atoms with Gasteiger partial charge in [0.05, 0.1) is 23.4 Å². The van der Waals surface area contributed by atoms with E-state index >= 15 is 0 Å². The van der Waals surface area contributed by atoms with E-state index in [9.17, 15) is 13.2 Å². The number of carbonyl (C=O) groups excluding carboxylic acids is 1. The van der Waals surface area contributed by atoms with E-state index in [0.29, 0.717) is 13.0 Å². The normalized spacial score (nSPS) is 19.9. The van der Waals surface area contributed by atoms with Gasteiger partial charge >= 0.3 is 0 Å². The van der Waals surface area contributed by atoms with Crippen molar-refractivity contribution in [2.45, 2.75) is 6.42 Å². The van der Waals surface area contributed by atoms with Crippen LogP contribution in [0.25, 0.3) is 5.69 Å². The Hall–Kier alpha value is -2.22. The Kier molecular flexibility index (Phi) is 3.93. The highest BCUT2D eigenvalue weighted by Crippen LogP contribution is 2.17. The molecule has 1 saturated heterocycles. The molecular formula is C14H16N4O3S. The summed E-state index contributed by atoms with van der Waals surface area (Å²) in [6.45, 7) is 0.344. The topological polar surface area (TPSA) is 94.0 Å². The molecule has 1 amide bonds. The fourth-order valence-electron chi connectivity index (χ4n) is 2.41. The first-order valence-corrected chi connectivity index (χ1v) is 8.82. The Balaban J connectivity index is 1.60. The molecule has 3 rings (SSSR count). The average molecular weight is 320 g/mol. The number of hydrogen-bond donors (Lipinski definition) is 1. The zero-order chi connectivity index (χ0) is 15.6. The second-order valence-electron chi connectivity index (χ2n) is 5.33. The average Bonchev–Trinajstić information content (AvgIpc) is 3.12. The maximum absolute atomic E-state index is 12.0. The van der Waals surface area contributed by atoms with Crippen molar-refractivity contribution in [1.82, 2.24) is 20.3 Å². The number of nitrogens with one attached hydrogen (secondary N) is 1. The van der Waals surface area contributed by atoms with Crippen molar-refractivity contribution in [3.8, 4) is 5.69 Å². The molecule has 0 saturated carbocycles. The first-order chi connectivity index (χ1) is 10.5. The molecule has 7 nitrogen and oxygen atoms in total. The van der Waals surface area contributed by atoms with Crippen molar-refractivity contribution in [3.05, 3.63) is 42.2 Å². The standard InChI is InChI=1S/C14H16N4O3S/c19-14(15-8-11-6-7-22(20,21)10-11)13-9-16-18(17-13)12-4-2-1-3-5-12/h1-5,9,11H,6-8,10H2,(H,15,19)/t11-/m0/s1. The second-order valence-corrected chi connectivity index (χ2v) is 7.56. The van der Waals surface area contributed by atoms with E-state index < -0.39 is 9.84 Å². The maximum Gasteiger partial charge on any atom is 0.273 e. The molecular weight excluding hydrogens is 304 g/mol. The van der Waals surface area contributed by atoms with E-state index in [1.807, 2.05) is 30.3 Å². The SMILES string of the molecule is O=C(NC[C@@H]1CCS(=O)(=O)C1)c1cnn(-c2ccccc2)n1. The molecule has 1 aliphatic rings. The fourth-order valence-corrected chi connectivity index (χ4v) is 4.28. The summed E-state index contributed by atoms with van der Waals surface area (Å²) < 4.78 is 22.8. The minimum atomic E-state index is -2.92. The highest BCUT2D eigenvalue weighted by atomic mass is 32.2. The van der Waals surface area contributed by atoms with Gasteiger partial charge in [0.2, 0.25) is 0 Å². The number of benzene rings is 1. The van der Waals surface area contributed by atoms with E-state index in [1.54, 1.807) is 0 Å². The summed E-state index contributed by atoms with van der Waals surface area (Å²) in [5.74, 6) is -0.00793. The molecule has 1 atom stereocenters. The molecule has 2 aromatic rings. The van der Waals surface area contributed by atoms with E-state index in [2.05, 4.69) is 15.5 Å². The molecule has 1 aromatic carbocycles. The van der Waals surface area contributed by atoms with Gasteiger partial charge in [0.1, 0.15) is 0 Å². The molecule has 1 fully saturated rings. The van der Waals surface area contributed by atoms with Crippen LogP contribution in [0.2, 0.25) is 0 Å². The molecule has 0 spiro atoms. The number of hydrogen-bond acceptors (Lipinski definition) is 5. The molecule has 1 N–H and O–H groups in total. The Labute approximate surface area is 128 Å². The summed E-state index contributed by atoms with van der Waals surface area (Å²) in [6, 6.07) is 9.28. The van der Waals surface area contributed by atoms with Gasteiger partial charge in [-0.05, 0) is 24.5 Å². The lowest BCUT2D eigenvalue weighted by atomic mass is 10.1. The van der Waals surface area contributed by atoms with Crippen molar-refractivity contribution in [2.75, 3.05) is 18.1 Å². The van der Waals surface area contributed by atoms with Crippen molar-refractivity contribution in [3.63, 3.8) is 0 Å². The van der Waals surface area contributed by atoms with Crippen molar-refractivity contribution < 1.29 is 13.2 Å². The Morgan fingerprint density at radius 1 is 1.32 bits per heavy atom. The summed E-state index contributed by atoms with van der Waals surface area (Å²) in [6.07, 6.45) is 1.99. The van der Waals surface area contributed by atoms with Crippen LogP contribution in [-0.2, 0) is 9.84 Å². The van der Waals surface area contributed by atoms with Crippen molar-refractivity contribution in [1.29, 1.82) is 0 Å². The lowest BCUT2D eigenvalue weighted by Gasteiger charge is -2.07. The van der Waals surface area contributed by atoms with E-state index in [-0.39, 0.29) is 29.0 Å². The van der Waals surface area contributed by atoms with Gasteiger partial charge < -0.3 is 5.32 Å². The maximum atomic E-state index is 12.0. The summed E-state index contributed by atoms with van der Waals surface area (Å²) in [5.41, 5.74) is 0.980. The van der Waals surface area contributed by atoms with Crippen LogP contribution in [0.15, 0.2) is 36.5 Å². The quantitative estimate of drug-likeness (QED) is 0.882. The number of para-hydroxylation sites is 1. The molecule has 2 heterocycles. The van der Waals surface area contributed by atoms with Gasteiger partial charge in [-0.3, -0.25) is 4.79 Å². The van der Waals surface area contributed by atoms with Gasteiger partial charge in [-0.1, -0.05) is 18.2 Å². The van der Waals surface area contributed by atoms with Crippen LogP contribution < -0.4 is 5.32 Å². The van der Waals surface area contributed by atoms with Gasteiger partial charge in [0.15, 0.2) is 15.5 Å². The minimum Gasteiger partial charge on any atom is -0.350 e. The predicted octanol–water partition coefficient (Wildman–Crippen LogP) is 0.432. The molecule has 0 radical (unpaired) electrons. The minimum absolute atomic E-state index is 0.0156. The third-order valence-electron chi connectivity index (χ3n) is 3.59. The third kappa shape index (κ3) is 3.33. The monoisotopic (exact) mass is 320 g/mol. The van der Waals surface area contributed by atoms with Gasteiger partial charge in [0, 0.05) is 6.54 Å². The van der Waals surface area contributed by atoms with Gasteiger partial charge in [-0.2, -0.15) is 9.90 Å². The van der Waals surface area contributed by atoms with Crippen LogP contribution >= 0.6 is 0 Å². The number of aromatic nitrogens is 3.